The van der Waals surface area contributed by atoms with Gasteiger partial charge in [0.2, 0.25) is 5.91 Å². The molecular formula is C11H20N2O3. The van der Waals surface area contributed by atoms with E-state index in [-0.39, 0.29) is 17.9 Å². The van der Waals surface area contributed by atoms with Gasteiger partial charge in [-0.05, 0) is 25.8 Å². The molecule has 0 bridgehead atoms. The maximum Gasteiger partial charge on any atom is 0.323 e. The van der Waals surface area contributed by atoms with E-state index in [4.69, 9.17) is 4.74 Å². The maximum atomic E-state index is 11.5. The molecule has 1 unspecified atom stereocenters. The number of ether oxygens (including phenoxy) is 1. The minimum Gasteiger partial charge on any atom is -0.468 e. The van der Waals surface area contributed by atoms with Crippen molar-refractivity contribution in [1.82, 2.24) is 10.2 Å². The SMILES string of the molecule is CCCNC(=O)CN1CCCC1C(=O)OC. The zero-order valence-corrected chi connectivity index (χ0v) is 9.99. The van der Waals surface area contributed by atoms with Crippen molar-refractivity contribution in [2.75, 3.05) is 26.7 Å². The highest BCUT2D eigenvalue weighted by Crippen LogP contribution is 2.17. The van der Waals surface area contributed by atoms with Crippen molar-refractivity contribution in [3.63, 3.8) is 0 Å². The summed E-state index contributed by atoms with van der Waals surface area (Å²) in [6.07, 6.45) is 2.65. The fraction of sp³-hybridized carbons (Fsp3) is 0.818. The molecule has 0 aliphatic carbocycles. The second kappa shape index (κ2) is 6.48. The van der Waals surface area contributed by atoms with Gasteiger partial charge in [-0.25, -0.2) is 0 Å². The number of likely N-dealkylation sites (tertiary alicyclic amines) is 1. The van der Waals surface area contributed by atoms with E-state index < -0.39 is 0 Å². The van der Waals surface area contributed by atoms with Gasteiger partial charge in [-0.15, -0.1) is 0 Å². The van der Waals surface area contributed by atoms with Crippen LogP contribution in [0, 0.1) is 0 Å². The Morgan fingerprint density at radius 1 is 1.50 bits per heavy atom. The highest BCUT2D eigenvalue weighted by molar-refractivity contribution is 5.80. The summed E-state index contributed by atoms with van der Waals surface area (Å²) in [4.78, 5) is 24.8. The van der Waals surface area contributed by atoms with Gasteiger partial charge in [-0.2, -0.15) is 0 Å². The van der Waals surface area contributed by atoms with Crippen LogP contribution in [0.2, 0.25) is 0 Å². The fourth-order valence-corrected chi connectivity index (χ4v) is 1.92. The molecule has 1 saturated heterocycles. The van der Waals surface area contributed by atoms with Gasteiger partial charge in [0, 0.05) is 6.54 Å². The molecule has 1 aliphatic heterocycles. The second-order valence-corrected chi connectivity index (χ2v) is 4.00. The number of methoxy groups -OCH3 is 1. The molecule has 5 nitrogen and oxygen atoms in total. The summed E-state index contributed by atoms with van der Waals surface area (Å²) in [5.41, 5.74) is 0. The summed E-state index contributed by atoms with van der Waals surface area (Å²) in [5.74, 6) is -0.251. The molecule has 16 heavy (non-hydrogen) atoms. The predicted molar refractivity (Wildman–Crippen MR) is 59.9 cm³/mol. The summed E-state index contributed by atoms with van der Waals surface area (Å²) in [6, 6.07) is -0.239. The van der Waals surface area contributed by atoms with Gasteiger partial charge in [-0.3, -0.25) is 14.5 Å². The van der Waals surface area contributed by atoms with Gasteiger partial charge in [0.1, 0.15) is 6.04 Å². The van der Waals surface area contributed by atoms with Crippen LogP contribution in [-0.4, -0.2) is 49.6 Å². The summed E-state index contributed by atoms with van der Waals surface area (Å²) in [6.45, 7) is 3.78. The lowest BCUT2D eigenvalue weighted by Crippen LogP contribution is -2.43. The number of carbonyl (C=O) groups excluding carboxylic acids is 2. The molecule has 1 rings (SSSR count). The van der Waals surface area contributed by atoms with Crippen molar-refractivity contribution >= 4 is 11.9 Å². The van der Waals surface area contributed by atoms with Crippen LogP contribution in [0.4, 0.5) is 0 Å². The first-order valence-corrected chi connectivity index (χ1v) is 5.77. The molecule has 1 amide bonds. The molecule has 0 aromatic carbocycles. The molecule has 0 aromatic rings. The number of carbonyl (C=O) groups is 2. The number of amides is 1. The molecule has 92 valence electrons. The lowest BCUT2D eigenvalue weighted by Gasteiger charge is -2.21. The fourth-order valence-electron chi connectivity index (χ4n) is 1.92. The Morgan fingerprint density at radius 3 is 2.88 bits per heavy atom. The van der Waals surface area contributed by atoms with Crippen LogP contribution < -0.4 is 5.32 Å². The van der Waals surface area contributed by atoms with E-state index in [0.717, 1.165) is 25.8 Å². The van der Waals surface area contributed by atoms with Gasteiger partial charge in [0.25, 0.3) is 0 Å². The van der Waals surface area contributed by atoms with E-state index in [2.05, 4.69) is 5.32 Å². The van der Waals surface area contributed by atoms with Crippen LogP contribution in [0.25, 0.3) is 0 Å². The summed E-state index contributed by atoms with van der Waals surface area (Å²) in [7, 11) is 1.38. The average molecular weight is 228 g/mol. The third kappa shape index (κ3) is 3.48. The monoisotopic (exact) mass is 228 g/mol. The first kappa shape index (κ1) is 13.0. The van der Waals surface area contributed by atoms with E-state index in [1.54, 1.807) is 0 Å². The summed E-state index contributed by atoms with van der Waals surface area (Å²) >= 11 is 0. The van der Waals surface area contributed by atoms with Gasteiger partial charge in [0.05, 0.1) is 13.7 Å². The van der Waals surface area contributed by atoms with Crippen molar-refractivity contribution < 1.29 is 14.3 Å². The van der Waals surface area contributed by atoms with Crippen LogP contribution in [0.3, 0.4) is 0 Å². The Hall–Kier alpha value is -1.10. The van der Waals surface area contributed by atoms with Gasteiger partial charge < -0.3 is 10.1 Å². The first-order chi connectivity index (χ1) is 7.69. The molecular weight excluding hydrogens is 208 g/mol. The Bertz CT molecular complexity index is 256. The van der Waals surface area contributed by atoms with Crippen LogP contribution in [0.5, 0.6) is 0 Å². The minimum absolute atomic E-state index is 0.0161. The quantitative estimate of drug-likeness (QED) is 0.680. The Morgan fingerprint density at radius 2 is 2.25 bits per heavy atom. The summed E-state index contributed by atoms with van der Waals surface area (Å²) in [5, 5.41) is 2.80. The number of esters is 1. The molecule has 0 radical (unpaired) electrons. The van der Waals surface area contributed by atoms with E-state index >= 15 is 0 Å². The number of rotatable bonds is 5. The summed E-state index contributed by atoms with van der Waals surface area (Å²) < 4.78 is 4.71. The molecule has 1 heterocycles. The smallest absolute Gasteiger partial charge is 0.323 e. The van der Waals surface area contributed by atoms with Gasteiger partial charge >= 0.3 is 5.97 Å². The highest BCUT2D eigenvalue weighted by atomic mass is 16.5. The molecule has 0 spiro atoms. The number of nitrogens with zero attached hydrogens (tertiary/aromatic N) is 1. The third-order valence-electron chi connectivity index (χ3n) is 2.76. The third-order valence-corrected chi connectivity index (χ3v) is 2.76. The van der Waals surface area contributed by atoms with Gasteiger partial charge in [-0.1, -0.05) is 6.92 Å². The number of hydrogen-bond donors (Lipinski definition) is 1. The Balaban J connectivity index is 2.40. The van der Waals surface area contributed by atoms with Gasteiger partial charge in [0.15, 0.2) is 0 Å². The molecule has 1 N–H and O–H groups in total. The molecule has 1 aliphatic rings. The van der Waals surface area contributed by atoms with E-state index in [9.17, 15) is 9.59 Å². The molecule has 0 saturated carbocycles. The zero-order valence-electron chi connectivity index (χ0n) is 9.99. The topological polar surface area (TPSA) is 58.6 Å². The van der Waals surface area contributed by atoms with Crippen LogP contribution in [0.1, 0.15) is 26.2 Å². The Labute approximate surface area is 96.1 Å². The zero-order chi connectivity index (χ0) is 12.0. The predicted octanol–water partition coefficient (Wildman–Crippen LogP) is 0.150. The normalized spacial score (nSPS) is 20.8. The van der Waals surface area contributed by atoms with E-state index in [1.807, 2.05) is 11.8 Å². The first-order valence-electron chi connectivity index (χ1n) is 5.77. The van der Waals surface area contributed by atoms with Crippen molar-refractivity contribution in [1.29, 1.82) is 0 Å². The minimum atomic E-state index is -0.239. The van der Waals surface area contributed by atoms with E-state index in [1.165, 1.54) is 7.11 Å². The van der Waals surface area contributed by atoms with Crippen molar-refractivity contribution in [2.45, 2.75) is 32.2 Å². The molecule has 0 aromatic heterocycles. The lowest BCUT2D eigenvalue weighted by molar-refractivity contribution is -0.146. The number of hydrogen-bond acceptors (Lipinski definition) is 4. The van der Waals surface area contributed by atoms with Crippen LogP contribution in [0.15, 0.2) is 0 Å². The van der Waals surface area contributed by atoms with Crippen LogP contribution >= 0.6 is 0 Å². The lowest BCUT2D eigenvalue weighted by atomic mass is 10.2. The maximum absolute atomic E-state index is 11.5. The number of nitrogens with one attached hydrogen (secondary N) is 1. The highest BCUT2D eigenvalue weighted by Gasteiger charge is 2.32. The van der Waals surface area contributed by atoms with Crippen molar-refractivity contribution in [3.05, 3.63) is 0 Å². The standard InChI is InChI=1S/C11H20N2O3/c1-3-6-12-10(14)8-13-7-4-5-9(13)11(15)16-2/h9H,3-8H2,1-2H3,(H,12,14). The largest absolute Gasteiger partial charge is 0.468 e. The van der Waals surface area contributed by atoms with E-state index in [0.29, 0.717) is 13.1 Å². The Kier molecular flexibility index (Phi) is 5.25. The van der Waals surface area contributed by atoms with Crippen molar-refractivity contribution in [2.24, 2.45) is 0 Å². The molecule has 5 heteroatoms. The molecule has 1 fully saturated rings. The van der Waals surface area contributed by atoms with Crippen molar-refractivity contribution in [3.8, 4) is 0 Å². The second-order valence-electron chi connectivity index (χ2n) is 4.00. The average Bonchev–Trinajstić information content (AvgIpc) is 2.73. The van der Waals surface area contributed by atoms with Crippen LogP contribution in [-0.2, 0) is 14.3 Å². The molecule has 1 atom stereocenters.